The van der Waals surface area contributed by atoms with Crippen molar-refractivity contribution in [2.75, 3.05) is 0 Å². The smallest absolute Gasteiger partial charge is 0.391 e. The van der Waals surface area contributed by atoms with Crippen molar-refractivity contribution in [2.45, 2.75) is 37.9 Å². The van der Waals surface area contributed by atoms with Crippen LogP contribution in [0.25, 0.3) is 0 Å². The van der Waals surface area contributed by atoms with Crippen molar-refractivity contribution in [2.24, 2.45) is 17.6 Å². The molecular weight excluding hydrogens is 311 g/mol. The maximum absolute atomic E-state index is 12.7. The second-order valence-corrected chi connectivity index (χ2v) is 5.68. The number of halogens is 4. The molecule has 0 bridgehead atoms. The average molecular weight is 326 g/mol. The van der Waals surface area contributed by atoms with Crippen LogP contribution >= 0.6 is 15.9 Å². The van der Waals surface area contributed by atoms with Gasteiger partial charge in [-0.1, -0.05) is 6.42 Å². The van der Waals surface area contributed by atoms with Crippen LogP contribution in [0.1, 0.15) is 37.5 Å². The zero-order chi connectivity index (χ0) is 13.3. The minimum Gasteiger partial charge on any atom is -0.466 e. The Morgan fingerprint density at radius 1 is 1.39 bits per heavy atom. The highest BCUT2D eigenvalue weighted by Crippen LogP contribution is 2.44. The van der Waals surface area contributed by atoms with E-state index in [1.807, 2.05) is 0 Å². The Morgan fingerprint density at radius 3 is 2.67 bits per heavy atom. The molecule has 3 atom stereocenters. The van der Waals surface area contributed by atoms with E-state index in [0.29, 0.717) is 12.2 Å². The van der Waals surface area contributed by atoms with Crippen molar-refractivity contribution >= 4 is 15.9 Å². The lowest BCUT2D eigenvalue weighted by molar-refractivity contribution is -0.186. The molecule has 1 saturated carbocycles. The van der Waals surface area contributed by atoms with Gasteiger partial charge < -0.3 is 10.2 Å². The first-order valence-corrected chi connectivity index (χ1v) is 6.74. The van der Waals surface area contributed by atoms with Crippen molar-refractivity contribution in [1.82, 2.24) is 0 Å². The van der Waals surface area contributed by atoms with E-state index in [9.17, 15) is 13.2 Å². The lowest BCUT2D eigenvalue weighted by atomic mass is 9.77. The van der Waals surface area contributed by atoms with Crippen molar-refractivity contribution in [3.8, 4) is 0 Å². The highest BCUT2D eigenvalue weighted by Gasteiger charge is 2.43. The van der Waals surface area contributed by atoms with Crippen LogP contribution in [0.15, 0.2) is 21.2 Å². The molecule has 0 aliphatic heterocycles. The van der Waals surface area contributed by atoms with Crippen molar-refractivity contribution in [1.29, 1.82) is 0 Å². The molecule has 6 heteroatoms. The second-order valence-electron chi connectivity index (χ2n) is 4.82. The van der Waals surface area contributed by atoms with E-state index in [-0.39, 0.29) is 18.8 Å². The van der Waals surface area contributed by atoms with E-state index < -0.39 is 18.1 Å². The lowest BCUT2D eigenvalue weighted by Crippen LogP contribution is -2.33. The predicted octanol–water partition coefficient (Wildman–Crippen LogP) is 4.41. The van der Waals surface area contributed by atoms with Crippen LogP contribution in [-0.4, -0.2) is 6.18 Å². The van der Waals surface area contributed by atoms with Gasteiger partial charge in [-0.05, 0) is 47.2 Å². The first-order valence-electron chi connectivity index (χ1n) is 5.94. The zero-order valence-electron chi connectivity index (χ0n) is 9.71. The lowest BCUT2D eigenvalue weighted by Gasteiger charge is -2.33. The molecule has 1 aromatic rings. The van der Waals surface area contributed by atoms with Gasteiger partial charge in [0.05, 0.1) is 22.7 Å². The molecule has 1 aliphatic rings. The summed E-state index contributed by atoms with van der Waals surface area (Å²) < 4.78 is 44.2. The molecule has 1 heterocycles. The van der Waals surface area contributed by atoms with Crippen molar-refractivity contribution in [3.63, 3.8) is 0 Å². The second kappa shape index (κ2) is 5.25. The number of alkyl halides is 3. The minimum absolute atomic E-state index is 0.0950. The van der Waals surface area contributed by atoms with Gasteiger partial charge in [-0.2, -0.15) is 13.2 Å². The standard InChI is InChI=1S/C12H15BrF3NO/c13-9-4-5-18-11(9)10(17)7-2-1-3-8(6-7)12(14,15)16/h4-5,7-8,10H,1-3,6,17H2. The summed E-state index contributed by atoms with van der Waals surface area (Å²) >= 11 is 3.29. The molecule has 0 aromatic carbocycles. The number of nitrogens with two attached hydrogens (primary N) is 1. The highest BCUT2D eigenvalue weighted by atomic mass is 79.9. The third-order valence-electron chi connectivity index (χ3n) is 3.63. The Bertz CT molecular complexity index is 404. The Morgan fingerprint density at radius 2 is 2.11 bits per heavy atom. The van der Waals surface area contributed by atoms with Crippen LogP contribution in [0.2, 0.25) is 0 Å². The van der Waals surface area contributed by atoms with E-state index in [0.717, 1.165) is 10.9 Å². The first-order chi connectivity index (χ1) is 8.39. The molecule has 2 N–H and O–H groups in total. The maximum Gasteiger partial charge on any atom is 0.391 e. The monoisotopic (exact) mass is 325 g/mol. The van der Waals surface area contributed by atoms with Crippen LogP contribution in [-0.2, 0) is 0 Å². The van der Waals surface area contributed by atoms with E-state index >= 15 is 0 Å². The molecule has 0 spiro atoms. The summed E-state index contributed by atoms with van der Waals surface area (Å²) in [5.41, 5.74) is 6.03. The van der Waals surface area contributed by atoms with Gasteiger partial charge in [0.1, 0.15) is 5.76 Å². The van der Waals surface area contributed by atoms with Gasteiger partial charge in [-0.15, -0.1) is 0 Å². The average Bonchev–Trinajstić information content (AvgIpc) is 2.73. The van der Waals surface area contributed by atoms with Gasteiger partial charge in [0, 0.05) is 0 Å². The Hall–Kier alpha value is -0.490. The molecule has 0 amide bonds. The molecule has 18 heavy (non-hydrogen) atoms. The van der Waals surface area contributed by atoms with Crippen LogP contribution in [0, 0.1) is 11.8 Å². The first kappa shape index (κ1) is 13.9. The van der Waals surface area contributed by atoms with Gasteiger partial charge in [0.2, 0.25) is 0 Å². The highest BCUT2D eigenvalue weighted by molar-refractivity contribution is 9.10. The summed E-state index contributed by atoms with van der Waals surface area (Å²) in [6.07, 6.45) is -1.02. The topological polar surface area (TPSA) is 39.2 Å². The molecule has 1 fully saturated rings. The summed E-state index contributed by atoms with van der Waals surface area (Å²) in [5.74, 6) is -0.855. The van der Waals surface area contributed by atoms with Crippen molar-refractivity contribution in [3.05, 3.63) is 22.6 Å². The summed E-state index contributed by atoms with van der Waals surface area (Å²) in [6, 6.07) is 1.23. The molecular formula is C12H15BrF3NO. The summed E-state index contributed by atoms with van der Waals surface area (Å²) in [4.78, 5) is 0. The van der Waals surface area contributed by atoms with Crippen molar-refractivity contribution < 1.29 is 17.6 Å². The van der Waals surface area contributed by atoms with Crippen LogP contribution < -0.4 is 5.73 Å². The molecule has 3 unspecified atom stereocenters. The maximum atomic E-state index is 12.7. The zero-order valence-corrected chi connectivity index (χ0v) is 11.3. The summed E-state index contributed by atoms with van der Waals surface area (Å²) in [5, 5.41) is 0. The third-order valence-corrected chi connectivity index (χ3v) is 4.29. The fourth-order valence-electron chi connectivity index (χ4n) is 2.61. The Kier molecular flexibility index (Phi) is 4.06. The van der Waals surface area contributed by atoms with Gasteiger partial charge in [0.15, 0.2) is 0 Å². The molecule has 1 aromatic heterocycles. The molecule has 0 saturated heterocycles. The fourth-order valence-corrected chi connectivity index (χ4v) is 3.07. The number of furan rings is 1. The summed E-state index contributed by atoms with van der Waals surface area (Å²) in [6.45, 7) is 0. The van der Waals surface area contributed by atoms with E-state index in [2.05, 4.69) is 15.9 Å². The minimum atomic E-state index is -4.11. The molecule has 0 radical (unpaired) electrons. The van der Waals surface area contributed by atoms with Gasteiger partial charge in [-0.25, -0.2) is 0 Å². The van der Waals surface area contributed by atoms with Crippen LogP contribution in [0.4, 0.5) is 13.2 Å². The SMILES string of the molecule is NC(c1occc1Br)C1CCCC(C(F)(F)F)C1. The number of hydrogen-bond donors (Lipinski definition) is 1. The number of rotatable bonds is 2. The molecule has 2 rings (SSSR count). The Labute approximate surface area is 112 Å². The van der Waals surface area contributed by atoms with E-state index in [1.165, 1.54) is 6.26 Å². The van der Waals surface area contributed by atoms with Gasteiger partial charge in [0.25, 0.3) is 0 Å². The molecule has 102 valence electrons. The molecule has 1 aliphatic carbocycles. The normalized spacial score (nSPS) is 27.2. The largest absolute Gasteiger partial charge is 0.466 e. The summed E-state index contributed by atoms with van der Waals surface area (Å²) in [7, 11) is 0. The van der Waals surface area contributed by atoms with Crippen LogP contribution in [0.3, 0.4) is 0 Å². The quantitative estimate of drug-likeness (QED) is 0.874. The number of hydrogen-bond acceptors (Lipinski definition) is 2. The van der Waals surface area contributed by atoms with E-state index in [1.54, 1.807) is 6.07 Å². The third kappa shape index (κ3) is 2.91. The Balaban J connectivity index is 2.07. The predicted molar refractivity (Wildman–Crippen MR) is 64.8 cm³/mol. The van der Waals surface area contributed by atoms with E-state index in [4.69, 9.17) is 10.2 Å². The fraction of sp³-hybridized carbons (Fsp3) is 0.667. The van der Waals surface area contributed by atoms with Crippen LogP contribution in [0.5, 0.6) is 0 Å². The van der Waals surface area contributed by atoms with Gasteiger partial charge in [-0.3, -0.25) is 0 Å². The van der Waals surface area contributed by atoms with Gasteiger partial charge >= 0.3 is 6.18 Å². The molecule has 2 nitrogen and oxygen atoms in total.